The molecule has 1 fully saturated rings. The Kier molecular flexibility index (Phi) is 4.58. The molecule has 0 bridgehead atoms. The first-order chi connectivity index (χ1) is 9.14. The van der Waals surface area contributed by atoms with Gasteiger partial charge in [0, 0.05) is 19.0 Å². The number of aromatic nitrogens is 3. The van der Waals surface area contributed by atoms with Crippen LogP contribution in [0.15, 0.2) is 6.33 Å². The molecule has 0 aliphatic carbocycles. The van der Waals surface area contributed by atoms with Crippen LogP contribution in [0.25, 0.3) is 0 Å². The van der Waals surface area contributed by atoms with Crippen molar-refractivity contribution in [2.24, 2.45) is 7.05 Å². The molecule has 19 heavy (non-hydrogen) atoms. The maximum Gasteiger partial charge on any atom is 0.138 e. The van der Waals surface area contributed by atoms with Crippen molar-refractivity contribution in [2.75, 3.05) is 13.1 Å². The van der Waals surface area contributed by atoms with E-state index in [1.807, 2.05) is 7.05 Å². The molecule has 2 heterocycles. The standard InChI is InChI=1S/C14H26N4O/c1-4-14(5-2,18-8-6-7-9-18)12(19)10-13-15-11-16-17(13)3/h11-12,19H,4-10H2,1-3H3. The smallest absolute Gasteiger partial charge is 0.138 e. The van der Waals surface area contributed by atoms with Gasteiger partial charge in [-0.25, -0.2) is 4.98 Å². The van der Waals surface area contributed by atoms with E-state index in [1.165, 1.54) is 12.8 Å². The van der Waals surface area contributed by atoms with E-state index in [1.54, 1.807) is 11.0 Å². The molecule has 1 aromatic heterocycles. The zero-order valence-corrected chi connectivity index (χ0v) is 12.3. The first-order valence-corrected chi connectivity index (χ1v) is 7.40. The third-order valence-corrected chi connectivity index (χ3v) is 4.76. The van der Waals surface area contributed by atoms with Crippen molar-refractivity contribution in [3.05, 3.63) is 12.2 Å². The highest BCUT2D eigenvalue weighted by atomic mass is 16.3. The second kappa shape index (κ2) is 6.01. The Morgan fingerprint density at radius 1 is 1.32 bits per heavy atom. The van der Waals surface area contributed by atoms with Crippen molar-refractivity contribution >= 4 is 0 Å². The maximum atomic E-state index is 10.8. The highest BCUT2D eigenvalue weighted by Gasteiger charge is 2.41. The summed E-state index contributed by atoms with van der Waals surface area (Å²) in [6, 6.07) is 0. The van der Waals surface area contributed by atoms with Crippen LogP contribution in [0.1, 0.15) is 45.4 Å². The Hall–Kier alpha value is -0.940. The van der Waals surface area contributed by atoms with Gasteiger partial charge in [0.05, 0.1) is 6.10 Å². The molecule has 1 atom stereocenters. The fraction of sp³-hybridized carbons (Fsp3) is 0.857. The van der Waals surface area contributed by atoms with Crippen LogP contribution in [-0.2, 0) is 13.5 Å². The predicted molar refractivity (Wildman–Crippen MR) is 74.8 cm³/mol. The minimum atomic E-state index is -0.386. The number of nitrogens with zero attached hydrogens (tertiary/aromatic N) is 4. The summed E-state index contributed by atoms with van der Waals surface area (Å²) in [4.78, 5) is 6.72. The van der Waals surface area contributed by atoms with E-state index in [4.69, 9.17) is 0 Å². The third kappa shape index (κ3) is 2.67. The molecule has 1 aliphatic heterocycles. The van der Waals surface area contributed by atoms with Gasteiger partial charge in [0.15, 0.2) is 0 Å². The number of hydrogen-bond donors (Lipinski definition) is 1. The summed E-state index contributed by atoms with van der Waals surface area (Å²) in [6.45, 7) is 6.58. The number of aryl methyl sites for hydroxylation is 1. The molecule has 1 aromatic rings. The molecular formula is C14H26N4O. The number of rotatable bonds is 6. The molecule has 0 saturated carbocycles. The molecule has 1 saturated heterocycles. The van der Waals surface area contributed by atoms with Gasteiger partial charge < -0.3 is 5.11 Å². The second-order valence-corrected chi connectivity index (χ2v) is 5.52. The van der Waals surface area contributed by atoms with Gasteiger partial charge in [-0.05, 0) is 38.8 Å². The molecule has 1 unspecified atom stereocenters. The van der Waals surface area contributed by atoms with Gasteiger partial charge in [-0.2, -0.15) is 5.10 Å². The van der Waals surface area contributed by atoms with Gasteiger partial charge in [0.2, 0.25) is 0 Å². The van der Waals surface area contributed by atoms with Crippen LogP contribution in [0.2, 0.25) is 0 Å². The Labute approximate surface area is 115 Å². The third-order valence-electron chi connectivity index (χ3n) is 4.76. The first kappa shape index (κ1) is 14.5. The SMILES string of the molecule is CCC(CC)(C(O)Cc1ncnn1C)N1CCCC1. The molecule has 5 heteroatoms. The molecule has 5 nitrogen and oxygen atoms in total. The van der Waals surface area contributed by atoms with E-state index in [0.29, 0.717) is 6.42 Å². The van der Waals surface area contributed by atoms with Crippen LogP contribution in [0.3, 0.4) is 0 Å². The molecule has 0 radical (unpaired) electrons. The number of likely N-dealkylation sites (tertiary alicyclic amines) is 1. The highest BCUT2D eigenvalue weighted by molar-refractivity contribution is 5.01. The Balaban J connectivity index is 2.15. The largest absolute Gasteiger partial charge is 0.391 e. The summed E-state index contributed by atoms with van der Waals surface area (Å²) < 4.78 is 1.75. The molecule has 1 aliphatic rings. The molecule has 1 N–H and O–H groups in total. The second-order valence-electron chi connectivity index (χ2n) is 5.52. The van der Waals surface area contributed by atoms with E-state index in [0.717, 1.165) is 31.8 Å². The maximum absolute atomic E-state index is 10.8. The van der Waals surface area contributed by atoms with E-state index in [2.05, 4.69) is 28.8 Å². The van der Waals surface area contributed by atoms with Gasteiger partial charge in [0.1, 0.15) is 12.2 Å². The summed E-state index contributed by atoms with van der Waals surface area (Å²) >= 11 is 0. The van der Waals surface area contributed by atoms with Crippen molar-refractivity contribution < 1.29 is 5.11 Å². The summed E-state index contributed by atoms with van der Waals surface area (Å²) in [6.07, 6.45) is 6.19. The van der Waals surface area contributed by atoms with Crippen LogP contribution in [0, 0.1) is 0 Å². The van der Waals surface area contributed by atoms with Crippen molar-refractivity contribution in [2.45, 2.75) is 57.6 Å². The van der Waals surface area contributed by atoms with E-state index in [-0.39, 0.29) is 11.6 Å². The van der Waals surface area contributed by atoms with Gasteiger partial charge in [0.25, 0.3) is 0 Å². The lowest BCUT2D eigenvalue weighted by molar-refractivity contribution is -0.0282. The van der Waals surface area contributed by atoms with Crippen LogP contribution < -0.4 is 0 Å². The fourth-order valence-electron chi connectivity index (χ4n) is 3.41. The first-order valence-electron chi connectivity index (χ1n) is 7.40. The quantitative estimate of drug-likeness (QED) is 0.845. The molecule has 0 amide bonds. The van der Waals surface area contributed by atoms with Crippen LogP contribution in [-0.4, -0.2) is 49.5 Å². The van der Waals surface area contributed by atoms with Crippen LogP contribution in [0.4, 0.5) is 0 Å². The summed E-state index contributed by atoms with van der Waals surface area (Å²) in [7, 11) is 1.88. The van der Waals surface area contributed by atoms with Crippen molar-refractivity contribution in [3.63, 3.8) is 0 Å². The Bertz CT molecular complexity index is 394. The average Bonchev–Trinajstić information content (AvgIpc) is 3.05. The lowest BCUT2D eigenvalue weighted by Gasteiger charge is -2.44. The zero-order valence-electron chi connectivity index (χ0n) is 12.3. The predicted octanol–water partition coefficient (Wildman–Crippen LogP) is 1.37. The average molecular weight is 266 g/mol. The van der Waals surface area contributed by atoms with Crippen LogP contribution >= 0.6 is 0 Å². The minimum absolute atomic E-state index is 0.109. The number of aliphatic hydroxyl groups is 1. The molecule has 2 rings (SSSR count). The highest BCUT2D eigenvalue weighted by Crippen LogP contribution is 2.32. The zero-order chi connectivity index (χ0) is 13.9. The van der Waals surface area contributed by atoms with E-state index in [9.17, 15) is 5.11 Å². The fourth-order valence-corrected chi connectivity index (χ4v) is 3.41. The monoisotopic (exact) mass is 266 g/mol. The van der Waals surface area contributed by atoms with E-state index < -0.39 is 0 Å². The van der Waals surface area contributed by atoms with Crippen molar-refractivity contribution in [1.82, 2.24) is 19.7 Å². The summed E-state index contributed by atoms with van der Waals surface area (Å²) in [5.41, 5.74) is -0.109. The number of hydrogen-bond acceptors (Lipinski definition) is 4. The molecular weight excluding hydrogens is 240 g/mol. The minimum Gasteiger partial charge on any atom is -0.391 e. The van der Waals surface area contributed by atoms with Gasteiger partial charge in [-0.15, -0.1) is 0 Å². The molecule has 108 valence electrons. The summed E-state index contributed by atoms with van der Waals surface area (Å²) in [5.74, 6) is 0.859. The lowest BCUT2D eigenvalue weighted by Crippen LogP contribution is -2.56. The van der Waals surface area contributed by atoms with Gasteiger partial charge in [-0.3, -0.25) is 9.58 Å². The Morgan fingerprint density at radius 3 is 2.42 bits per heavy atom. The van der Waals surface area contributed by atoms with Gasteiger partial charge >= 0.3 is 0 Å². The van der Waals surface area contributed by atoms with Crippen molar-refractivity contribution in [3.8, 4) is 0 Å². The topological polar surface area (TPSA) is 54.2 Å². The van der Waals surface area contributed by atoms with Gasteiger partial charge in [-0.1, -0.05) is 13.8 Å². The molecule has 0 spiro atoms. The van der Waals surface area contributed by atoms with Crippen LogP contribution in [0.5, 0.6) is 0 Å². The van der Waals surface area contributed by atoms with Crippen molar-refractivity contribution in [1.29, 1.82) is 0 Å². The number of aliphatic hydroxyl groups excluding tert-OH is 1. The Morgan fingerprint density at radius 2 is 1.95 bits per heavy atom. The molecule has 0 aromatic carbocycles. The normalized spacial score (nSPS) is 18.9. The summed E-state index contributed by atoms with van der Waals surface area (Å²) in [5, 5.41) is 14.9. The van der Waals surface area contributed by atoms with E-state index >= 15 is 0 Å². The lowest BCUT2D eigenvalue weighted by atomic mass is 9.83.